The van der Waals surface area contributed by atoms with Crippen LogP contribution in [0.1, 0.15) is 25.3 Å². The van der Waals surface area contributed by atoms with Crippen molar-refractivity contribution in [3.63, 3.8) is 0 Å². The highest BCUT2D eigenvalue weighted by molar-refractivity contribution is 5.79. The Labute approximate surface area is 107 Å². The van der Waals surface area contributed by atoms with Gasteiger partial charge < -0.3 is 15.7 Å². The zero-order valence-corrected chi connectivity index (χ0v) is 10.6. The molecule has 98 valence electrons. The van der Waals surface area contributed by atoms with Gasteiger partial charge in [0.2, 0.25) is 5.91 Å². The van der Waals surface area contributed by atoms with Crippen LogP contribution < -0.4 is 10.6 Å². The molecule has 4 nitrogen and oxygen atoms in total. The smallest absolute Gasteiger partial charge is 0.224 e. The number of phenolic OH excluding ortho intramolecular Hbond substituents is 1. The number of carbonyl (C=O) groups is 1. The van der Waals surface area contributed by atoms with Gasteiger partial charge in [-0.05, 0) is 32.4 Å². The molecule has 1 aromatic carbocycles. The lowest BCUT2D eigenvalue weighted by molar-refractivity contribution is -0.121. The van der Waals surface area contributed by atoms with Gasteiger partial charge in [0, 0.05) is 17.6 Å². The van der Waals surface area contributed by atoms with Gasteiger partial charge in [-0.15, -0.1) is 0 Å². The van der Waals surface area contributed by atoms with E-state index in [4.69, 9.17) is 0 Å². The van der Waals surface area contributed by atoms with Crippen LogP contribution in [0.5, 0.6) is 5.75 Å². The van der Waals surface area contributed by atoms with E-state index in [0.717, 1.165) is 19.4 Å². The number of hydrogen-bond acceptors (Lipinski definition) is 3. The van der Waals surface area contributed by atoms with Crippen molar-refractivity contribution in [1.29, 1.82) is 0 Å². The molecule has 18 heavy (non-hydrogen) atoms. The minimum Gasteiger partial charge on any atom is -0.508 e. The Kier molecular flexibility index (Phi) is 4.20. The van der Waals surface area contributed by atoms with E-state index in [0.29, 0.717) is 11.6 Å². The second-order valence-electron chi connectivity index (χ2n) is 4.95. The maximum absolute atomic E-state index is 11.9. The summed E-state index contributed by atoms with van der Waals surface area (Å²) in [5.74, 6) is 0.168. The molecule has 2 unspecified atom stereocenters. The monoisotopic (exact) mass is 248 g/mol. The van der Waals surface area contributed by atoms with E-state index in [1.165, 1.54) is 0 Å². The molecule has 0 aromatic heterocycles. The highest BCUT2D eigenvalue weighted by Crippen LogP contribution is 2.16. The van der Waals surface area contributed by atoms with Crippen molar-refractivity contribution >= 4 is 5.91 Å². The molecule has 1 heterocycles. The first-order chi connectivity index (χ1) is 8.65. The molecule has 1 aromatic rings. The molecule has 1 aliphatic heterocycles. The molecular weight excluding hydrogens is 228 g/mol. The quantitative estimate of drug-likeness (QED) is 0.753. The third kappa shape index (κ3) is 3.47. The van der Waals surface area contributed by atoms with E-state index < -0.39 is 0 Å². The molecule has 0 saturated carbocycles. The minimum atomic E-state index is -0.0180. The van der Waals surface area contributed by atoms with Crippen LogP contribution in [0.4, 0.5) is 0 Å². The predicted octanol–water partition coefficient (Wildman–Crippen LogP) is 1.19. The fourth-order valence-electron chi connectivity index (χ4n) is 2.38. The van der Waals surface area contributed by atoms with Crippen molar-refractivity contribution in [2.45, 2.75) is 38.3 Å². The zero-order valence-electron chi connectivity index (χ0n) is 10.6. The molecule has 1 saturated heterocycles. The van der Waals surface area contributed by atoms with Gasteiger partial charge in [-0.1, -0.05) is 18.2 Å². The fourth-order valence-corrected chi connectivity index (χ4v) is 2.38. The maximum Gasteiger partial charge on any atom is 0.224 e. The normalized spacial score (nSPS) is 23.6. The standard InChI is InChI=1S/C14H20N2O2/c1-10-8-12(6-7-15-10)16-14(18)9-11-4-2-3-5-13(11)17/h2-5,10,12,15,17H,6-9H2,1H3,(H,16,18). The van der Waals surface area contributed by atoms with Crippen LogP contribution in [0, 0.1) is 0 Å². The summed E-state index contributed by atoms with van der Waals surface area (Å²) in [5, 5.41) is 16.0. The van der Waals surface area contributed by atoms with Crippen molar-refractivity contribution in [2.75, 3.05) is 6.54 Å². The van der Waals surface area contributed by atoms with E-state index in [9.17, 15) is 9.90 Å². The summed E-state index contributed by atoms with van der Waals surface area (Å²) >= 11 is 0. The van der Waals surface area contributed by atoms with E-state index in [-0.39, 0.29) is 24.1 Å². The zero-order chi connectivity index (χ0) is 13.0. The molecule has 4 heteroatoms. The van der Waals surface area contributed by atoms with Gasteiger partial charge in [-0.2, -0.15) is 0 Å². The van der Waals surface area contributed by atoms with Crippen molar-refractivity contribution in [3.8, 4) is 5.75 Å². The predicted molar refractivity (Wildman–Crippen MR) is 70.4 cm³/mol. The van der Waals surface area contributed by atoms with Gasteiger partial charge in [-0.3, -0.25) is 4.79 Å². The second kappa shape index (κ2) is 5.87. The SMILES string of the molecule is CC1CC(NC(=O)Cc2ccccc2O)CCN1. The summed E-state index contributed by atoms with van der Waals surface area (Å²) in [6, 6.07) is 7.67. The minimum absolute atomic E-state index is 0.0180. The topological polar surface area (TPSA) is 61.4 Å². The Bertz CT molecular complexity index is 420. The summed E-state index contributed by atoms with van der Waals surface area (Å²) in [7, 11) is 0. The Hall–Kier alpha value is -1.55. The molecule has 1 fully saturated rings. The third-order valence-corrected chi connectivity index (χ3v) is 3.33. The maximum atomic E-state index is 11.9. The molecule has 0 spiro atoms. The molecule has 0 bridgehead atoms. The van der Waals surface area contributed by atoms with Crippen LogP contribution in [-0.2, 0) is 11.2 Å². The molecule has 2 rings (SSSR count). The number of amides is 1. The van der Waals surface area contributed by atoms with Crippen LogP contribution >= 0.6 is 0 Å². The summed E-state index contributed by atoms with van der Waals surface area (Å²) in [4.78, 5) is 11.9. The van der Waals surface area contributed by atoms with E-state index in [1.807, 2.05) is 6.07 Å². The van der Waals surface area contributed by atoms with E-state index in [2.05, 4.69) is 17.6 Å². The highest BCUT2D eigenvalue weighted by atomic mass is 16.3. The number of nitrogens with one attached hydrogen (secondary N) is 2. The largest absolute Gasteiger partial charge is 0.508 e. The Morgan fingerprint density at radius 1 is 1.50 bits per heavy atom. The van der Waals surface area contributed by atoms with Crippen LogP contribution in [0.15, 0.2) is 24.3 Å². The first-order valence-corrected chi connectivity index (χ1v) is 6.45. The number of piperidine rings is 1. The van der Waals surface area contributed by atoms with Crippen molar-refractivity contribution in [2.24, 2.45) is 0 Å². The van der Waals surface area contributed by atoms with Gasteiger partial charge >= 0.3 is 0 Å². The number of para-hydroxylation sites is 1. The second-order valence-corrected chi connectivity index (χ2v) is 4.95. The number of benzene rings is 1. The number of phenols is 1. The first kappa shape index (κ1) is 12.9. The van der Waals surface area contributed by atoms with Crippen LogP contribution in [-0.4, -0.2) is 29.6 Å². The lowest BCUT2D eigenvalue weighted by atomic mass is 10.00. The van der Waals surface area contributed by atoms with Crippen molar-refractivity contribution in [1.82, 2.24) is 10.6 Å². The highest BCUT2D eigenvalue weighted by Gasteiger charge is 2.20. The number of hydrogen-bond donors (Lipinski definition) is 3. The van der Waals surface area contributed by atoms with Gasteiger partial charge in [0.15, 0.2) is 0 Å². The van der Waals surface area contributed by atoms with Gasteiger partial charge in [0.25, 0.3) is 0 Å². The first-order valence-electron chi connectivity index (χ1n) is 6.45. The molecule has 0 aliphatic carbocycles. The van der Waals surface area contributed by atoms with Gasteiger partial charge in [0.1, 0.15) is 5.75 Å². The summed E-state index contributed by atoms with van der Waals surface area (Å²) < 4.78 is 0. The molecular formula is C14H20N2O2. The summed E-state index contributed by atoms with van der Waals surface area (Å²) in [6.45, 7) is 3.07. The molecule has 2 atom stereocenters. The van der Waals surface area contributed by atoms with Crippen molar-refractivity contribution in [3.05, 3.63) is 29.8 Å². The van der Waals surface area contributed by atoms with Gasteiger partial charge in [0.05, 0.1) is 6.42 Å². The van der Waals surface area contributed by atoms with Crippen LogP contribution in [0.2, 0.25) is 0 Å². The summed E-state index contributed by atoms with van der Waals surface area (Å²) in [5.41, 5.74) is 0.678. The number of aromatic hydroxyl groups is 1. The molecule has 0 radical (unpaired) electrons. The lowest BCUT2D eigenvalue weighted by Gasteiger charge is -2.28. The number of rotatable bonds is 3. The van der Waals surface area contributed by atoms with E-state index in [1.54, 1.807) is 18.2 Å². The fraction of sp³-hybridized carbons (Fsp3) is 0.500. The lowest BCUT2D eigenvalue weighted by Crippen LogP contribution is -2.46. The Balaban J connectivity index is 1.87. The average Bonchev–Trinajstić information content (AvgIpc) is 2.32. The molecule has 3 N–H and O–H groups in total. The van der Waals surface area contributed by atoms with Crippen LogP contribution in [0.3, 0.4) is 0 Å². The molecule has 1 aliphatic rings. The molecule has 1 amide bonds. The van der Waals surface area contributed by atoms with Crippen LogP contribution in [0.25, 0.3) is 0 Å². The van der Waals surface area contributed by atoms with E-state index >= 15 is 0 Å². The summed E-state index contributed by atoms with van der Waals surface area (Å²) in [6.07, 6.45) is 2.17. The van der Waals surface area contributed by atoms with Gasteiger partial charge in [-0.25, -0.2) is 0 Å². The third-order valence-electron chi connectivity index (χ3n) is 3.33. The Morgan fingerprint density at radius 2 is 2.28 bits per heavy atom. The number of carbonyl (C=O) groups excluding carboxylic acids is 1. The Morgan fingerprint density at radius 3 is 3.00 bits per heavy atom. The van der Waals surface area contributed by atoms with Crippen molar-refractivity contribution < 1.29 is 9.90 Å². The average molecular weight is 248 g/mol.